The van der Waals surface area contributed by atoms with Crippen molar-refractivity contribution in [3.05, 3.63) is 34.6 Å². The summed E-state index contributed by atoms with van der Waals surface area (Å²) in [7, 11) is 1.54. The molecule has 3 rings (SSSR count). The molecule has 0 unspecified atom stereocenters. The van der Waals surface area contributed by atoms with Crippen LogP contribution in [0, 0.1) is 0 Å². The van der Waals surface area contributed by atoms with Gasteiger partial charge in [0, 0.05) is 23.7 Å². The number of rotatable bonds is 4. The van der Waals surface area contributed by atoms with Gasteiger partial charge in [-0.1, -0.05) is 0 Å². The summed E-state index contributed by atoms with van der Waals surface area (Å²) >= 11 is 0. The highest BCUT2D eigenvalue weighted by molar-refractivity contribution is 5.82. The molecule has 2 heterocycles. The Hall–Kier alpha value is -2.05. The topological polar surface area (TPSA) is 69.8 Å². The largest absolute Gasteiger partial charge is 0.493 e. The van der Waals surface area contributed by atoms with Gasteiger partial charge in [-0.3, -0.25) is 4.79 Å². The summed E-state index contributed by atoms with van der Waals surface area (Å²) in [6.45, 7) is 1.44. The average molecular weight is 277 g/mol. The maximum atomic E-state index is 11.8. The molecule has 1 aromatic carbocycles. The minimum absolute atomic E-state index is 0.0638. The molecule has 1 N–H and O–H groups in total. The van der Waals surface area contributed by atoms with Crippen LogP contribution in [0.25, 0.3) is 10.9 Å². The number of methoxy groups -OCH3 is 1. The van der Waals surface area contributed by atoms with Crippen molar-refractivity contribution >= 4 is 10.9 Å². The standard InChI is InChI=1S/C14H15NO5/c1-17-12-6-9-10(15-3-2-11(9)16)7-13(12)20-8-14-18-4-5-19-14/h2-3,6-7,14H,4-5,8H2,1H3,(H,15,16). The number of hydrogen-bond acceptors (Lipinski definition) is 5. The number of aromatic amines is 1. The van der Waals surface area contributed by atoms with Crippen LogP contribution in [0.5, 0.6) is 11.5 Å². The van der Waals surface area contributed by atoms with Gasteiger partial charge in [0.25, 0.3) is 0 Å². The molecular weight excluding hydrogens is 262 g/mol. The molecule has 1 fully saturated rings. The van der Waals surface area contributed by atoms with Crippen molar-refractivity contribution < 1.29 is 18.9 Å². The fraction of sp³-hybridized carbons (Fsp3) is 0.357. The highest BCUT2D eigenvalue weighted by atomic mass is 16.7. The van der Waals surface area contributed by atoms with Gasteiger partial charge < -0.3 is 23.9 Å². The van der Waals surface area contributed by atoms with Gasteiger partial charge in [-0.15, -0.1) is 0 Å². The molecule has 0 saturated carbocycles. The van der Waals surface area contributed by atoms with Crippen molar-refractivity contribution in [3.63, 3.8) is 0 Å². The van der Waals surface area contributed by atoms with Gasteiger partial charge in [0.1, 0.15) is 6.61 Å². The highest BCUT2D eigenvalue weighted by Crippen LogP contribution is 2.30. The normalized spacial score (nSPS) is 15.7. The van der Waals surface area contributed by atoms with Crippen LogP contribution < -0.4 is 14.9 Å². The maximum Gasteiger partial charge on any atom is 0.191 e. The Balaban J connectivity index is 1.90. The molecule has 1 saturated heterocycles. The van der Waals surface area contributed by atoms with Crippen LogP contribution in [-0.2, 0) is 9.47 Å². The second kappa shape index (κ2) is 5.52. The van der Waals surface area contributed by atoms with Gasteiger partial charge in [-0.05, 0) is 6.07 Å². The van der Waals surface area contributed by atoms with E-state index in [2.05, 4.69) is 4.98 Å². The van der Waals surface area contributed by atoms with Gasteiger partial charge in [-0.25, -0.2) is 0 Å². The summed E-state index contributed by atoms with van der Waals surface area (Å²) < 4.78 is 21.5. The molecule has 1 aliphatic rings. The Kier molecular flexibility index (Phi) is 3.58. The van der Waals surface area contributed by atoms with Crippen LogP contribution in [0.2, 0.25) is 0 Å². The van der Waals surface area contributed by atoms with Crippen molar-refractivity contribution in [2.45, 2.75) is 6.29 Å². The van der Waals surface area contributed by atoms with Crippen molar-refractivity contribution in [3.8, 4) is 11.5 Å². The quantitative estimate of drug-likeness (QED) is 0.912. The molecule has 0 bridgehead atoms. The zero-order chi connectivity index (χ0) is 13.9. The van der Waals surface area contributed by atoms with Crippen LogP contribution >= 0.6 is 0 Å². The average Bonchev–Trinajstić information content (AvgIpc) is 2.98. The molecule has 0 amide bonds. The van der Waals surface area contributed by atoms with Crippen LogP contribution in [0.15, 0.2) is 29.2 Å². The van der Waals surface area contributed by atoms with Crippen molar-refractivity contribution in [2.75, 3.05) is 26.9 Å². The van der Waals surface area contributed by atoms with E-state index < -0.39 is 0 Å². The lowest BCUT2D eigenvalue weighted by Crippen LogP contribution is -2.18. The minimum atomic E-state index is -0.356. The summed E-state index contributed by atoms with van der Waals surface area (Å²) in [5.41, 5.74) is 0.632. The molecule has 0 atom stereocenters. The van der Waals surface area contributed by atoms with E-state index in [1.54, 1.807) is 18.3 Å². The predicted octanol–water partition coefficient (Wildman–Crippen LogP) is 1.29. The smallest absolute Gasteiger partial charge is 0.191 e. The van der Waals surface area contributed by atoms with Gasteiger partial charge in [-0.2, -0.15) is 0 Å². The third kappa shape index (κ3) is 2.48. The van der Waals surface area contributed by atoms with E-state index in [9.17, 15) is 4.79 Å². The number of benzene rings is 1. The van der Waals surface area contributed by atoms with Gasteiger partial charge in [0.05, 0.1) is 25.8 Å². The third-order valence-corrected chi connectivity index (χ3v) is 3.11. The lowest BCUT2D eigenvalue weighted by molar-refractivity contribution is -0.0686. The number of fused-ring (bicyclic) bond motifs is 1. The maximum absolute atomic E-state index is 11.8. The van der Waals surface area contributed by atoms with E-state index >= 15 is 0 Å². The molecule has 0 spiro atoms. The molecule has 2 aromatic rings. The molecule has 6 nitrogen and oxygen atoms in total. The molecule has 1 aromatic heterocycles. The van der Waals surface area contributed by atoms with Gasteiger partial charge >= 0.3 is 0 Å². The Labute approximate surface area is 115 Å². The first-order chi connectivity index (χ1) is 9.78. The van der Waals surface area contributed by atoms with Crippen LogP contribution in [0.1, 0.15) is 0 Å². The zero-order valence-corrected chi connectivity index (χ0v) is 11.0. The number of pyridine rings is 1. The third-order valence-electron chi connectivity index (χ3n) is 3.11. The van der Waals surface area contributed by atoms with E-state index in [-0.39, 0.29) is 18.3 Å². The van der Waals surface area contributed by atoms with Crippen LogP contribution in [0.4, 0.5) is 0 Å². The van der Waals surface area contributed by atoms with Crippen LogP contribution in [0.3, 0.4) is 0 Å². The van der Waals surface area contributed by atoms with Crippen molar-refractivity contribution in [1.82, 2.24) is 4.98 Å². The van der Waals surface area contributed by atoms with E-state index in [4.69, 9.17) is 18.9 Å². The number of hydrogen-bond donors (Lipinski definition) is 1. The van der Waals surface area contributed by atoms with E-state index in [1.165, 1.54) is 13.2 Å². The van der Waals surface area contributed by atoms with Crippen molar-refractivity contribution in [2.24, 2.45) is 0 Å². The number of ether oxygens (including phenoxy) is 4. The highest BCUT2D eigenvalue weighted by Gasteiger charge is 2.18. The summed E-state index contributed by atoms with van der Waals surface area (Å²) in [6.07, 6.45) is 1.25. The monoisotopic (exact) mass is 277 g/mol. The molecule has 0 radical (unpaired) electrons. The first-order valence-corrected chi connectivity index (χ1v) is 6.33. The zero-order valence-electron chi connectivity index (χ0n) is 11.0. The summed E-state index contributed by atoms with van der Waals surface area (Å²) in [5.74, 6) is 1.05. The molecule has 106 valence electrons. The Morgan fingerprint density at radius 1 is 1.30 bits per heavy atom. The van der Waals surface area contributed by atoms with E-state index in [1.807, 2.05) is 0 Å². The lowest BCUT2D eigenvalue weighted by atomic mass is 10.2. The number of H-pyrrole nitrogens is 1. The lowest BCUT2D eigenvalue weighted by Gasteiger charge is -2.14. The minimum Gasteiger partial charge on any atom is -0.493 e. The molecule has 6 heteroatoms. The summed E-state index contributed by atoms with van der Waals surface area (Å²) in [5, 5.41) is 0.560. The summed E-state index contributed by atoms with van der Waals surface area (Å²) in [4.78, 5) is 14.8. The Bertz CT molecular complexity index is 660. The second-order valence-corrected chi connectivity index (χ2v) is 4.37. The molecule has 0 aliphatic carbocycles. The predicted molar refractivity (Wildman–Crippen MR) is 72.3 cm³/mol. The Morgan fingerprint density at radius 2 is 2.10 bits per heavy atom. The Morgan fingerprint density at radius 3 is 2.85 bits per heavy atom. The van der Waals surface area contributed by atoms with E-state index in [0.29, 0.717) is 35.6 Å². The van der Waals surface area contributed by atoms with Crippen molar-refractivity contribution in [1.29, 1.82) is 0 Å². The van der Waals surface area contributed by atoms with Gasteiger partial charge in [0.2, 0.25) is 0 Å². The fourth-order valence-corrected chi connectivity index (χ4v) is 2.11. The molecule has 1 aliphatic heterocycles. The van der Waals surface area contributed by atoms with Gasteiger partial charge in [0.15, 0.2) is 23.2 Å². The summed E-state index contributed by atoms with van der Waals surface area (Å²) in [6, 6.07) is 4.88. The molecule has 20 heavy (non-hydrogen) atoms. The number of nitrogens with one attached hydrogen (secondary N) is 1. The second-order valence-electron chi connectivity index (χ2n) is 4.37. The first kappa shape index (κ1) is 13.0. The van der Waals surface area contributed by atoms with Crippen LogP contribution in [-0.4, -0.2) is 38.2 Å². The number of aromatic nitrogens is 1. The first-order valence-electron chi connectivity index (χ1n) is 6.33. The fourth-order valence-electron chi connectivity index (χ4n) is 2.11. The van der Waals surface area contributed by atoms with E-state index in [0.717, 1.165) is 0 Å². The molecular formula is C14H15NO5. The SMILES string of the molecule is COc1cc2c(=O)cc[nH]c2cc1OCC1OCCO1.